The van der Waals surface area contributed by atoms with Gasteiger partial charge in [-0.2, -0.15) is 0 Å². The van der Waals surface area contributed by atoms with Gasteiger partial charge >= 0.3 is 5.97 Å². The summed E-state index contributed by atoms with van der Waals surface area (Å²) in [5.41, 5.74) is 0.0750. The number of benzene rings is 1. The van der Waals surface area contributed by atoms with Crippen LogP contribution in [-0.4, -0.2) is 18.0 Å². The minimum Gasteiger partial charge on any atom is -0.467 e. The molecule has 0 aliphatic rings. The van der Waals surface area contributed by atoms with E-state index in [1.165, 1.54) is 37.5 Å². The summed E-state index contributed by atoms with van der Waals surface area (Å²) >= 11 is 5.84. The fourth-order valence-electron chi connectivity index (χ4n) is 1.82. The third-order valence-electron chi connectivity index (χ3n) is 3.06. The van der Waals surface area contributed by atoms with Crippen molar-refractivity contribution in [1.29, 1.82) is 0 Å². The van der Waals surface area contributed by atoms with Gasteiger partial charge in [0.05, 0.1) is 17.8 Å². The molecular weight excluding hydrogens is 337 g/mol. The first-order chi connectivity index (χ1) is 11.5. The first-order valence-electron chi connectivity index (χ1n) is 7.10. The van der Waals surface area contributed by atoms with E-state index in [4.69, 9.17) is 20.8 Å². The van der Waals surface area contributed by atoms with E-state index in [0.29, 0.717) is 5.76 Å². The zero-order chi connectivity index (χ0) is 17.5. The van der Waals surface area contributed by atoms with Crippen molar-refractivity contribution in [1.82, 2.24) is 5.32 Å². The second-order valence-corrected chi connectivity index (χ2v) is 5.25. The van der Waals surface area contributed by atoms with Crippen molar-refractivity contribution in [3.63, 3.8) is 0 Å². The Hall–Kier alpha value is -2.60. The van der Waals surface area contributed by atoms with Gasteiger partial charge < -0.3 is 14.5 Å². The highest BCUT2D eigenvalue weighted by molar-refractivity contribution is 6.32. The van der Waals surface area contributed by atoms with Crippen LogP contribution in [-0.2, 0) is 20.9 Å². The molecule has 0 aliphatic carbocycles. The van der Waals surface area contributed by atoms with Gasteiger partial charge in [0.1, 0.15) is 11.6 Å². The molecule has 0 radical (unpaired) electrons. The summed E-state index contributed by atoms with van der Waals surface area (Å²) < 4.78 is 23.6. The Morgan fingerprint density at radius 3 is 2.83 bits per heavy atom. The van der Waals surface area contributed by atoms with Crippen LogP contribution in [0.5, 0.6) is 0 Å². The summed E-state index contributed by atoms with van der Waals surface area (Å²) in [5, 5.41) is 2.74. The summed E-state index contributed by atoms with van der Waals surface area (Å²) in [6.45, 7) is 1.62. The van der Waals surface area contributed by atoms with Crippen molar-refractivity contribution in [3.8, 4) is 0 Å². The van der Waals surface area contributed by atoms with Gasteiger partial charge in [-0.1, -0.05) is 17.7 Å². The maximum absolute atomic E-state index is 13.6. The Labute approximate surface area is 143 Å². The van der Waals surface area contributed by atoms with E-state index >= 15 is 0 Å². The van der Waals surface area contributed by atoms with Crippen LogP contribution in [0, 0.1) is 5.82 Å². The minimum atomic E-state index is -1.01. The van der Waals surface area contributed by atoms with E-state index in [9.17, 15) is 14.0 Å². The molecule has 0 saturated heterocycles. The highest BCUT2D eigenvalue weighted by Gasteiger charge is 2.16. The van der Waals surface area contributed by atoms with E-state index in [1.54, 1.807) is 12.1 Å². The number of nitrogens with one attached hydrogen (secondary N) is 1. The van der Waals surface area contributed by atoms with Gasteiger partial charge in [0.2, 0.25) is 0 Å². The van der Waals surface area contributed by atoms with Crippen molar-refractivity contribution >= 4 is 29.6 Å². The molecule has 2 rings (SSSR count). The van der Waals surface area contributed by atoms with Gasteiger partial charge in [0.25, 0.3) is 5.91 Å². The van der Waals surface area contributed by atoms with E-state index in [0.717, 1.165) is 6.08 Å². The largest absolute Gasteiger partial charge is 0.467 e. The van der Waals surface area contributed by atoms with Gasteiger partial charge in [-0.05, 0) is 37.3 Å². The topological polar surface area (TPSA) is 68.5 Å². The van der Waals surface area contributed by atoms with Crippen LogP contribution in [0.15, 0.2) is 47.1 Å². The molecule has 0 fully saturated rings. The summed E-state index contributed by atoms with van der Waals surface area (Å²) in [5.74, 6) is -1.24. The summed E-state index contributed by atoms with van der Waals surface area (Å²) in [6.07, 6.45) is 2.70. The molecule has 126 valence electrons. The van der Waals surface area contributed by atoms with Gasteiger partial charge in [0, 0.05) is 11.6 Å². The zero-order valence-electron chi connectivity index (χ0n) is 12.8. The highest BCUT2D eigenvalue weighted by atomic mass is 35.5. The Bertz CT molecular complexity index is 723. The van der Waals surface area contributed by atoms with E-state index in [-0.39, 0.29) is 17.1 Å². The van der Waals surface area contributed by atoms with Crippen molar-refractivity contribution in [2.24, 2.45) is 0 Å². The molecule has 0 bridgehead atoms. The molecule has 0 saturated carbocycles. The number of halogens is 2. The maximum atomic E-state index is 13.6. The van der Waals surface area contributed by atoms with Gasteiger partial charge in [-0.15, -0.1) is 0 Å². The Kier molecular flexibility index (Phi) is 6.14. The predicted octanol–water partition coefficient (Wildman–Crippen LogP) is 3.33. The Morgan fingerprint density at radius 1 is 1.38 bits per heavy atom. The van der Waals surface area contributed by atoms with Gasteiger partial charge in [-0.3, -0.25) is 4.79 Å². The third kappa shape index (κ3) is 4.96. The first kappa shape index (κ1) is 17.7. The molecule has 24 heavy (non-hydrogen) atoms. The average Bonchev–Trinajstić information content (AvgIpc) is 3.05. The average molecular weight is 352 g/mol. The van der Waals surface area contributed by atoms with Crippen LogP contribution in [0.3, 0.4) is 0 Å². The second kappa shape index (κ2) is 8.31. The van der Waals surface area contributed by atoms with Crippen LogP contribution >= 0.6 is 11.6 Å². The number of hydrogen-bond acceptors (Lipinski definition) is 4. The molecule has 1 aromatic heterocycles. The smallest absolute Gasteiger partial charge is 0.331 e. The molecule has 7 heteroatoms. The fourth-order valence-corrected chi connectivity index (χ4v) is 2.05. The highest BCUT2D eigenvalue weighted by Crippen LogP contribution is 2.20. The number of furan rings is 1. The lowest BCUT2D eigenvalue weighted by Gasteiger charge is -2.11. The minimum absolute atomic E-state index is 0.0750. The molecule has 1 aromatic carbocycles. The van der Waals surface area contributed by atoms with Crippen molar-refractivity contribution in [3.05, 3.63) is 64.8 Å². The normalized spacial score (nSPS) is 12.1. The summed E-state index contributed by atoms with van der Waals surface area (Å²) in [7, 11) is 0. The fraction of sp³-hybridized carbons (Fsp3) is 0.176. The summed E-state index contributed by atoms with van der Waals surface area (Å²) in [6, 6.07) is 7.59. The van der Waals surface area contributed by atoms with E-state index in [2.05, 4.69) is 5.32 Å². The van der Waals surface area contributed by atoms with Crippen LogP contribution in [0.2, 0.25) is 5.02 Å². The first-order valence-corrected chi connectivity index (χ1v) is 7.48. The van der Waals surface area contributed by atoms with Crippen LogP contribution < -0.4 is 5.32 Å². The molecule has 2 aromatic rings. The SMILES string of the molecule is CC(OC(=O)/C=C/c1c(F)cccc1Cl)C(=O)NCc1ccco1. The second-order valence-electron chi connectivity index (χ2n) is 4.84. The number of hydrogen-bond donors (Lipinski definition) is 1. The number of amides is 1. The molecule has 5 nitrogen and oxygen atoms in total. The van der Waals surface area contributed by atoms with Gasteiger partial charge in [0.15, 0.2) is 6.10 Å². The molecule has 1 N–H and O–H groups in total. The van der Waals surface area contributed by atoms with Crippen molar-refractivity contribution in [2.75, 3.05) is 0 Å². The lowest BCUT2D eigenvalue weighted by molar-refractivity contribution is -0.150. The predicted molar refractivity (Wildman–Crippen MR) is 86.6 cm³/mol. The molecule has 1 heterocycles. The van der Waals surface area contributed by atoms with Crippen LogP contribution in [0.4, 0.5) is 4.39 Å². The number of rotatable bonds is 6. The van der Waals surface area contributed by atoms with Crippen molar-refractivity contribution < 1.29 is 23.1 Å². The standard InChI is InChI=1S/C17H15ClFNO4/c1-11(17(22)20-10-12-4-3-9-23-12)24-16(21)8-7-13-14(18)5-2-6-15(13)19/h2-9,11H,10H2,1H3,(H,20,22)/b8-7+. The Morgan fingerprint density at radius 2 is 2.17 bits per heavy atom. The molecule has 0 spiro atoms. The number of ether oxygens (including phenoxy) is 1. The van der Waals surface area contributed by atoms with Crippen LogP contribution in [0.25, 0.3) is 6.08 Å². The lowest BCUT2D eigenvalue weighted by atomic mass is 10.2. The zero-order valence-corrected chi connectivity index (χ0v) is 13.5. The summed E-state index contributed by atoms with van der Waals surface area (Å²) in [4.78, 5) is 23.5. The number of carbonyl (C=O) groups excluding carboxylic acids is 2. The molecule has 1 amide bonds. The molecule has 0 aliphatic heterocycles. The number of carbonyl (C=O) groups is 2. The Balaban J connectivity index is 1.86. The molecular formula is C17H15ClFNO4. The molecule has 1 atom stereocenters. The molecule has 1 unspecified atom stereocenters. The number of esters is 1. The lowest BCUT2D eigenvalue weighted by Crippen LogP contribution is -2.35. The van der Waals surface area contributed by atoms with E-state index < -0.39 is 23.8 Å². The van der Waals surface area contributed by atoms with Crippen molar-refractivity contribution in [2.45, 2.75) is 19.6 Å². The quantitative estimate of drug-likeness (QED) is 0.640. The van der Waals surface area contributed by atoms with E-state index in [1.807, 2.05) is 0 Å². The van der Waals surface area contributed by atoms with Crippen LogP contribution in [0.1, 0.15) is 18.2 Å². The maximum Gasteiger partial charge on any atom is 0.331 e. The van der Waals surface area contributed by atoms with Gasteiger partial charge in [-0.25, -0.2) is 9.18 Å². The monoisotopic (exact) mass is 351 g/mol. The third-order valence-corrected chi connectivity index (χ3v) is 3.39.